The quantitative estimate of drug-likeness (QED) is 0.634. The van der Waals surface area contributed by atoms with Gasteiger partial charge in [0.15, 0.2) is 5.69 Å². The molecule has 1 aliphatic heterocycles. The van der Waals surface area contributed by atoms with Crippen LogP contribution in [0.4, 0.5) is 0 Å². The van der Waals surface area contributed by atoms with Gasteiger partial charge in [-0.1, -0.05) is 36.4 Å². The Morgan fingerprint density at radius 1 is 1.13 bits per heavy atom. The minimum atomic E-state index is -0.425. The Balaban J connectivity index is 1.33. The van der Waals surface area contributed by atoms with Crippen molar-refractivity contribution >= 4 is 11.7 Å². The lowest BCUT2D eigenvalue weighted by atomic mass is 9.70. The molecule has 0 radical (unpaired) electrons. The number of carbonyl (C=O) groups is 2. The molecular weight excluding hydrogens is 392 g/mol. The van der Waals surface area contributed by atoms with Gasteiger partial charge in [0.2, 0.25) is 5.89 Å². The van der Waals surface area contributed by atoms with Crippen molar-refractivity contribution in [1.29, 1.82) is 0 Å². The molecule has 0 unspecified atom stereocenters. The molecule has 0 atom stereocenters. The number of ketones is 1. The normalized spacial score (nSPS) is 16.0. The van der Waals surface area contributed by atoms with Crippen molar-refractivity contribution in [2.75, 3.05) is 13.1 Å². The molecule has 2 aromatic heterocycles. The summed E-state index contributed by atoms with van der Waals surface area (Å²) in [7, 11) is 0. The number of nitrogens with one attached hydrogen (secondary N) is 1. The van der Waals surface area contributed by atoms with E-state index in [2.05, 4.69) is 20.2 Å². The monoisotopic (exact) mass is 418 g/mol. The minimum Gasteiger partial charge on any atom is -0.447 e. The zero-order chi connectivity index (χ0) is 21.7. The number of Topliss-reactive ketones (excluding diaryl/α,β-unsaturated/α-hetero) is 1. The lowest BCUT2D eigenvalue weighted by Gasteiger charge is -2.40. The Morgan fingerprint density at radius 2 is 1.90 bits per heavy atom. The van der Waals surface area contributed by atoms with Gasteiger partial charge < -0.3 is 9.73 Å². The number of rotatable bonds is 7. The lowest BCUT2D eigenvalue weighted by molar-refractivity contribution is -0.124. The van der Waals surface area contributed by atoms with E-state index in [0.717, 1.165) is 37.1 Å². The molecule has 1 saturated heterocycles. The number of nitrogens with zero attached hydrogens (tertiary/aromatic N) is 3. The third-order valence-electron chi connectivity index (χ3n) is 6.03. The van der Waals surface area contributed by atoms with Crippen LogP contribution in [0.15, 0.2) is 65.5 Å². The van der Waals surface area contributed by atoms with E-state index in [1.807, 2.05) is 42.5 Å². The first-order chi connectivity index (χ1) is 15.1. The molecule has 3 heterocycles. The highest BCUT2D eigenvalue weighted by Gasteiger charge is 2.40. The average Bonchev–Trinajstić information content (AvgIpc) is 3.28. The van der Waals surface area contributed by atoms with E-state index in [4.69, 9.17) is 4.42 Å². The van der Waals surface area contributed by atoms with Crippen LogP contribution in [-0.4, -0.2) is 39.6 Å². The summed E-state index contributed by atoms with van der Waals surface area (Å²) in [4.78, 5) is 35.5. The van der Waals surface area contributed by atoms with Crippen LogP contribution in [0, 0.1) is 0 Å². The number of aromatic nitrogens is 2. The molecule has 1 aliphatic rings. The zero-order valence-corrected chi connectivity index (χ0v) is 17.6. The molecule has 0 spiro atoms. The van der Waals surface area contributed by atoms with E-state index in [1.54, 1.807) is 19.3 Å². The number of pyridine rings is 1. The van der Waals surface area contributed by atoms with Gasteiger partial charge in [0, 0.05) is 18.9 Å². The van der Waals surface area contributed by atoms with Crippen molar-refractivity contribution in [2.24, 2.45) is 0 Å². The summed E-state index contributed by atoms with van der Waals surface area (Å²) in [6.07, 6.45) is 6.30. The summed E-state index contributed by atoms with van der Waals surface area (Å²) in [5.41, 5.74) is 1.84. The highest BCUT2D eigenvalue weighted by Crippen LogP contribution is 2.36. The number of hydrogen-bond donors (Lipinski definition) is 1. The first-order valence-electron chi connectivity index (χ1n) is 10.5. The van der Waals surface area contributed by atoms with Gasteiger partial charge in [-0.25, -0.2) is 4.98 Å². The SMILES string of the molecule is CC(=O)C1(c2ccccc2)CCN(Cc2nc(C(=O)NCc3cccnc3)co2)CC1. The van der Waals surface area contributed by atoms with Crippen molar-refractivity contribution in [3.05, 3.63) is 83.8 Å². The van der Waals surface area contributed by atoms with Crippen molar-refractivity contribution in [2.45, 2.75) is 38.3 Å². The Bertz CT molecular complexity index is 1030. The molecule has 1 fully saturated rings. The standard InChI is InChI=1S/C24H26N4O3/c1-18(29)24(20-7-3-2-4-8-20)9-12-28(13-10-24)16-22-27-21(17-31-22)23(30)26-15-19-6-5-11-25-14-19/h2-8,11,14,17H,9-10,12-13,15-16H2,1H3,(H,26,30). The molecule has 4 rings (SSSR count). The number of piperidine rings is 1. The number of oxazole rings is 1. The summed E-state index contributed by atoms with van der Waals surface area (Å²) in [5, 5.41) is 2.82. The van der Waals surface area contributed by atoms with Gasteiger partial charge in [-0.05, 0) is 50.0 Å². The first-order valence-corrected chi connectivity index (χ1v) is 10.5. The fourth-order valence-electron chi connectivity index (χ4n) is 4.15. The van der Waals surface area contributed by atoms with E-state index in [9.17, 15) is 9.59 Å². The number of hydrogen-bond acceptors (Lipinski definition) is 6. The Morgan fingerprint density at radius 3 is 2.58 bits per heavy atom. The van der Waals surface area contributed by atoms with Gasteiger partial charge in [0.05, 0.1) is 12.0 Å². The van der Waals surface area contributed by atoms with Crippen molar-refractivity contribution in [3.8, 4) is 0 Å². The zero-order valence-electron chi connectivity index (χ0n) is 17.6. The third-order valence-corrected chi connectivity index (χ3v) is 6.03. The van der Waals surface area contributed by atoms with Crippen molar-refractivity contribution in [1.82, 2.24) is 20.2 Å². The Kier molecular flexibility index (Phi) is 6.23. The molecule has 1 N–H and O–H groups in total. The molecule has 160 valence electrons. The van der Waals surface area contributed by atoms with Gasteiger partial charge in [0.1, 0.15) is 12.0 Å². The van der Waals surface area contributed by atoms with Crippen LogP contribution in [0.2, 0.25) is 0 Å². The predicted molar refractivity (Wildman–Crippen MR) is 115 cm³/mol. The van der Waals surface area contributed by atoms with Gasteiger partial charge in [-0.15, -0.1) is 0 Å². The number of carbonyl (C=O) groups excluding carboxylic acids is 2. The summed E-state index contributed by atoms with van der Waals surface area (Å²) in [6.45, 7) is 4.11. The molecule has 7 heteroatoms. The van der Waals surface area contributed by atoms with Crippen molar-refractivity contribution in [3.63, 3.8) is 0 Å². The molecule has 0 bridgehead atoms. The van der Waals surface area contributed by atoms with Crippen LogP contribution < -0.4 is 5.32 Å². The Hall–Kier alpha value is -3.32. The highest BCUT2D eigenvalue weighted by molar-refractivity contribution is 5.91. The van der Waals surface area contributed by atoms with E-state index in [-0.39, 0.29) is 17.4 Å². The van der Waals surface area contributed by atoms with Gasteiger partial charge in [-0.3, -0.25) is 19.5 Å². The average molecular weight is 418 g/mol. The fourth-order valence-corrected chi connectivity index (χ4v) is 4.15. The van der Waals surface area contributed by atoms with Crippen LogP contribution in [0.1, 0.15) is 47.3 Å². The van der Waals surface area contributed by atoms with Gasteiger partial charge in [-0.2, -0.15) is 0 Å². The maximum atomic E-state index is 12.5. The van der Waals surface area contributed by atoms with Crippen LogP contribution in [0.5, 0.6) is 0 Å². The molecule has 0 saturated carbocycles. The second-order valence-electron chi connectivity index (χ2n) is 7.95. The van der Waals surface area contributed by atoms with Crippen LogP contribution >= 0.6 is 0 Å². The summed E-state index contributed by atoms with van der Waals surface area (Å²) in [5.74, 6) is 0.431. The lowest BCUT2D eigenvalue weighted by Crippen LogP contribution is -2.46. The Labute approximate surface area is 181 Å². The highest BCUT2D eigenvalue weighted by atomic mass is 16.3. The van der Waals surface area contributed by atoms with E-state index >= 15 is 0 Å². The second kappa shape index (κ2) is 9.22. The maximum Gasteiger partial charge on any atom is 0.273 e. The fraction of sp³-hybridized carbons (Fsp3) is 0.333. The molecule has 7 nitrogen and oxygen atoms in total. The third kappa shape index (κ3) is 4.72. The number of benzene rings is 1. The second-order valence-corrected chi connectivity index (χ2v) is 7.95. The smallest absolute Gasteiger partial charge is 0.273 e. The summed E-state index contributed by atoms with van der Waals surface area (Å²) < 4.78 is 5.53. The largest absolute Gasteiger partial charge is 0.447 e. The van der Waals surface area contributed by atoms with Gasteiger partial charge in [0.25, 0.3) is 5.91 Å². The number of amides is 1. The van der Waals surface area contributed by atoms with E-state index < -0.39 is 5.41 Å². The van der Waals surface area contributed by atoms with E-state index in [1.165, 1.54) is 6.26 Å². The molecule has 31 heavy (non-hydrogen) atoms. The molecule has 1 aromatic carbocycles. The summed E-state index contributed by atoms with van der Waals surface area (Å²) in [6, 6.07) is 13.8. The first kappa shape index (κ1) is 20.9. The topological polar surface area (TPSA) is 88.3 Å². The van der Waals surface area contributed by atoms with Crippen LogP contribution in [-0.2, 0) is 23.3 Å². The summed E-state index contributed by atoms with van der Waals surface area (Å²) >= 11 is 0. The molecule has 1 amide bonds. The predicted octanol–water partition coefficient (Wildman–Crippen LogP) is 3.12. The molecule has 3 aromatic rings. The van der Waals surface area contributed by atoms with Crippen LogP contribution in [0.25, 0.3) is 0 Å². The molecular formula is C24H26N4O3. The van der Waals surface area contributed by atoms with Gasteiger partial charge >= 0.3 is 0 Å². The van der Waals surface area contributed by atoms with Crippen LogP contribution in [0.3, 0.4) is 0 Å². The number of likely N-dealkylation sites (tertiary alicyclic amines) is 1. The maximum absolute atomic E-state index is 12.5. The van der Waals surface area contributed by atoms with Crippen molar-refractivity contribution < 1.29 is 14.0 Å². The molecule has 0 aliphatic carbocycles. The minimum absolute atomic E-state index is 0.210. The van der Waals surface area contributed by atoms with E-state index in [0.29, 0.717) is 19.0 Å².